The van der Waals surface area contributed by atoms with E-state index in [-0.39, 0.29) is 22.9 Å². The first kappa shape index (κ1) is 12.2. The summed E-state index contributed by atoms with van der Waals surface area (Å²) in [7, 11) is 0. The van der Waals surface area contributed by atoms with Crippen molar-refractivity contribution in [3.05, 3.63) is 56.1 Å². The van der Waals surface area contributed by atoms with Crippen LogP contribution >= 0.6 is 11.3 Å². The molecular weight excluding hydrogens is 260 g/mol. The summed E-state index contributed by atoms with van der Waals surface area (Å²) in [6.45, 7) is 0. The molecule has 0 aliphatic heterocycles. The highest BCUT2D eigenvalue weighted by Crippen LogP contribution is 2.33. The van der Waals surface area contributed by atoms with Gasteiger partial charge in [-0.25, -0.2) is 0 Å². The second kappa shape index (κ2) is 5.01. The van der Waals surface area contributed by atoms with Crippen LogP contribution in [0.1, 0.15) is 39.7 Å². The quantitative estimate of drug-likeness (QED) is 0.882. The fourth-order valence-electron chi connectivity index (χ4n) is 2.47. The Morgan fingerprint density at radius 1 is 1.42 bits per heavy atom. The molecule has 0 radical (unpaired) electrons. The summed E-state index contributed by atoms with van der Waals surface area (Å²) in [5.41, 5.74) is 1.12. The number of nitrogens with one attached hydrogen (secondary N) is 2. The zero-order valence-electron chi connectivity index (χ0n) is 10.3. The normalized spacial score (nSPS) is 17.8. The Labute approximate surface area is 114 Å². The molecule has 2 aromatic heterocycles. The van der Waals surface area contributed by atoms with Crippen molar-refractivity contribution in [2.75, 3.05) is 0 Å². The van der Waals surface area contributed by atoms with Crippen molar-refractivity contribution in [1.82, 2.24) is 10.3 Å². The predicted molar refractivity (Wildman–Crippen MR) is 74.5 cm³/mol. The predicted octanol–water partition coefficient (Wildman–Crippen LogP) is 2.24. The number of hydrogen-bond donors (Lipinski definition) is 2. The lowest BCUT2D eigenvalue weighted by Crippen LogP contribution is -2.33. The van der Waals surface area contributed by atoms with Gasteiger partial charge in [-0.2, -0.15) is 0 Å². The van der Waals surface area contributed by atoms with Crippen molar-refractivity contribution < 1.29 is 4.79 Å². The third-order valence-electron chi connectivity index (χ3n) is 3.43. The Balaban J connectivity index is 1.82. The number of hydrogen-bond acceptors (Lipinski definition) is 3. The van der Waals surface area contributed by atoms with E-state index in [4.69, 9.17) is 0 Å². The summed E-state index contributed by atoms with van der Waals surface area (Å²) in [5, 5.41) is 5.03. The van der Waals surface area contributed by atoms with Gasteiger partial charge in [-0.05, 0) is 36.3 Å². The van der Waals surface area contributed by atoms with Crippen molar-refractivity contribution in [2.45, 2.75) is 25.3 Å². The maximum atomic E-state index is 12.1. The van der Waals surface area contributed by atoms with Crippen LogP contribution in [0.5, 0.6) is 0 Å². The highest BCUT2D eigenvalue weighted by atomic mass is 32.1. The van der Waals surface area contributed by atoms with Crippen LogP contribution in [0, 0.1) is 0 Å². The lowest BCUT2D eigenvalue weighted by atomic mass is 9.94. The molecule has 1 aliphatic rings. The van der Waals surface area contributed by atoms with Crippen LogP contribution < -0.4 is 10.7 Å². The van der Waals surface area contributed by atoms with Gasteiger partial charge >= 0.3 is 0 Å². The number of carbonyl (C=O) groups is 1. The first-order chi connectivity index (χ1) is 9.25. The Hall–Kier alpha value is -1.88. The minimum Gasteiger partial charge on any atom is -0.367 e. The Kier molecular flexibility index (Phi) is 3.21. The van der Waals surface area contributed by atoms with E-state index in [1.54, 1.807) is 11.3 Å². The highest BCUT2D eigenvalue weighted by molar-refractivity contribution is 7.10. The van der Waals surface area contributed by atoms with Gasteiger partial charge in [0.1, 0.15) is 5.56 Å². The molecule has 19 heavy (non-hydrogen) atoms. The first-order valence-electron chi connectivity index (χ1n) is 6.30. The second-order valence-electron chi connectivity index (χ2n) is 4.64. The van der Waals surface area contributed by atoms with Gasteiger partial charge in [-0.15, -0.1) is 11.3 Å². The minimum atomic E-state index is -0.300. The number of amides is 1. The van der Waals surface area contributed by atoms with E-state index in [2.05, 4.69) is 21.7 Å². The van der Waals surface area contributed by atoms with E-state index in [0.717, 1.165) is 19.3 Å². The number of pyridine rings is 1. The summed E-state index contributed by atoms with van der Waals surface area (Å²) in [6, 6.07) is 3.47. The van der Waals surface area contributed by atoms with Crippen LogP contribution in [0.25, 0.3) is 0 Å². The molecule has 0 saturated carbocycles. The van der Waals surface area contributed by atoms with Crippen LogP contribution in [-0.4, -0.2) is 10.9 Å². The molecule has 2 aromatic rings. The third-order valence-corrected chi connectivity index (χ3v) is 4.42. The summed E-state index contributed by atoms with van der Waals surface area (Å²) in [6.07, 6.45) is 6.07. The lowest BCUT2D eigenvalue weighted by Gasteiger charge is -2.23. The molecule has 1 unspecified atom stereocenters. The van der Waals surface area contributed by atoms with Gasteiger partial charge in [-0.3, -0.25) is 9.59 Å². The zero-order valence-corrected chi connectivity index (χ0v) is 11.1. The Morgan fingerprint density at radius 2 is 2.32 bits per heavy atom. The highest BCUT2D eigenvalue weighted by Gasteiger charge is 2.23. The summed E-state index contributed by atoms with van der Waals surface area (Å²) in [5.74, 6) is -0.300. The third kappa shape index (κ3) is 2.33. The molecule has 0 saturated heterocycles. The molecule has 0 spiro atoms. The van der Waals surface area contributed by atoms with Crippen molar-refractivity contribution >= 4 is 17.2 Å². The molecule has 5 heteroatoms. The average molecular weight is 274 g/mol. The van der Waals surface area contributed by atoms with Crippen molar-refractivity contribution in [2.24, 2.45) is 0 Å². The molecule has 2 heterocycles. The summed E-state index contributed by atoms with van der Waals surface area (Å²) >= 11 is 1.74. The fraction of sp³-hybridized carbons (Fsp3) is 0.286. The average Bonchev–Trinajstić information content (AvgIpc) is 2.88. The monoisotopic (exact) mass is 274 g/mol. The van der Waals surface area contributed by atoms with Gasteiger partial charge < -0.3 is 10.3 Å². The molecule has 0 aromatic carbocycles. The van der Waals surface area contributed by atoms with Crippen LogP contribution in [0.3, 0.4) is 0 Å². The number of H-pyrrole nitrogens is 1. The summed E-state index contributed by atoms with van der Waals surface area (Å²) in [4.78, 5) is 27.9. The van der Waals surface area contributed by atoms with Crippen molar-refractivity contribution in [3.63, 3.8) is 0 Å². The smallest absolute Gasteiger partial charge is 0.257 e. The molecule has 1 aliphatic carbocycles. The molecule has 0 bridgehead atoms. The van der Waals surface area contributed by atoms with Gasteiger partial charge in [0.15, 0.2) is 5.43 Å². The summed E-state index contributed by atoms with van der Waals surface area (Å²) < 4.78 is 0. The van der Waals surface area contributed by atoms with Crippen molar-refractivity contribution in [3.8, 4) is 0 Å². The standard InChI is InChI=1S/C14H14N2O2S/c17-12-4-6-15-8-10(12)14(18)16-11-2-1-3-13-9(11)5-7-19-13/h4-8,11H,1-3H2,(H,15,17)(H,16,18). The van der Waals surface area contributed by atoms with E-state index >= 15 is 0 Å². The van der Waals surface area contributed by atoms with Gasteiger partial charge in [-0.1, -0.05) is 0 Å². The number of aromatic amines is 1. The molecule has 98 valence electrons. The lowest BCUT2D eigenvalue weighted by molar-refractivity contribution is 0.0931. The van der Waals surface area contributed by atoms with E-state index in [0.29, 0.717) is 0 Å². The van der Waals surface area contributed by atoms with Crippen LogP contribution in [0.15, 0.2) is 34.7 Å². The SMILES string of the molecule is O=C(NC1CCCc2sccc21)c1c[nH]ccc1=O. The number of thiophene rings is 1. The number of aryl methyl sites for hydroxylation is 1. The molecular formula is C14H14N2O2S. The maximum absolute atomic E-state index is 12.1. The van der Waals surface area contributed by atoms with Gasteiger partial charge in [0.2, 0.25) is 0 Å². The van der Waals surface area contributed by atoms with Crippen LogP contribution in [-0.2, 0) is 6.42 Å². The Bertz CT molecular complexity index is 659. The molecule has 4 nitrogen and oxygen atoms in total. The fourth-order valence-corrected chi connectivity index (χ4v) is 3.45. The maximum Gasteiger partial charge on any atom is 0.257 e. The minimum absolute atomic E-state index is 0.0297. The van der Waals surface area contributed by atoms with E-state index in [1.807, 2.05) is 0 Å². The van der Waals surface area contributed by atoms with Crippen LogP contribution in [0.2, 0.25) is 0 Å². The van der Waals surface area contributed by atoms with Gasteiger partial charge in [0, 0.05) is 23.3 Å². The van der Waals surface area contributed by atoms with Crippen LogP contribution in [0.4, 0.5) is 0 Å². The molecule has 2 N–H and O–H groups in total. The largest absolute Gasteiger partial charge is 0.367 e. The molecule has 0 fully saturated rings. The molecule has 1 amide bonds. The number of rotatable bonds is 2. The molecule has 1 atom stereocenters. The van der Waals surface area contributed by atoms with E-state index in [1.165, 1.54) is 28.9 Å². The molecule has 3 rings (SSSR count). The van der Waals surface area contributed by atoms with Crippen molar-refractivity contribution in [1.29, 1.82) is 0 Å². The zero-order chi connectivity index (χ0) is 13.2. The first-order valence-corrected chi connectivity index (χ1v) is 7.18. The number of carbonyl (C=O) groups excluding carboxylic acids is 1. The van der Waals surface area contributed by atoms with E-state index < -0.39 is 0 Å². The van der Waals surface area contributed by atoms with Gasteiger partial charge in [0.05, 0.1) is 6.04 Å². The van der Waals surface area contributed by atoms with Gasteiger partial charge in [0.25, 0.3) is 5.91 Å². The Morgan fingerprint density at radius 3 is 3.16 bits per heavy atom. The number of aromatic nitrogens is 1. The number of fused-ring (bicyclic) bond motifs is 1. The van der Waals surface area contributed by atoms with E-state index in [9.17, 15) is 9.59 Å². The topological polar surface area (TPSA) is 62.0 Å². The second-order valence-corrected chi connectivity index (χ2v) is 5.64.